The summed E-state index contributed by atoms with van der Waals surface area (Å²) in [5.74, 6) is 0.328. The van der Waals surface area contributed by atoms with Crippen LogP contribution in [-0.2, 0) is 0 Å². The minimum absolute atomic E-state index is 0.140. The first-order valence-electron chi connectivity index (χ1n) is 10.2. The van der Waals surface area contributed by atoms with Crippen molar-refractivity contribution in [3.63, 3.8) is 0 Å². The molecule has 0 amide bonds. The van der Waals surface area contributed by atoms with Gasteiger partial charge in [-0.05, 0) is 35.9 Å². The van der Waals surface area contributed by atoms with Crippen molar-refractivity contribution in [1.82, 2.24) is 9.97 Å². The van der Waals surface area contributed by atoms with E-state index in [1.165, 1.54) is 17.7 Å². The largest absolute Gasteiger partial charge is 0.340 e. The summed E-state index contributed by atoms with van der Waals surface area (Å²) in [5.41, 5.74) is 4.34. The smallest absolute Gasteiger partial charge is 0.194 e. The fourth-order valence-electron chi connectivity index (χ4n) is 4.13. The average molecular weight is 468 g/mol. The Kier molecular flexibility index (Phi) is 4.57. The van der Waals surface area contributed by atoms with Gasteiger partial charge in [0.1, 0.15) is 17.0 Å². The molecule has 0 unspecified atom stereocenters. The Morgan fingerprint density at radius 3 is 2.21 bits per heavy atom. The molecule has 0 bridgehead atoms. The van der Waals surface area contributed by atoms with Gasteiger partial charge in [0.05, 0.1) is 5.39 Å². The summed E-state index contributed by atoms with van der Waals surface area (Å²) in [6.07, 6.45) is 1.51. The number of hydrogen-bond donors (Lipinski definition) is 1. The number of hydrogen-bond acceptors (Lipinski definition) is 6. The predicted molar refractivity (Wildman–Crippen MR) is 131 cm³/mol. The molecule has 1 N–H and O–H groups in total. The molecule has 6 rings (SSSR count). The minimum Gasteiger partial charge on any atom is -0.340 e. The molecular weight excluding hydrogens is 454 g/mol. The Morgan fingerprint density at radius 1 is 0.758 bits per heavy atom. The second-order valence-corrected chi connectivity index (χ2v) is 8.94. The van der Waals surface area contributed by atoms with Gasteiger partial charge in [-0.2, -0.15) is 0 Å². The predicted octanol–water partition coefficient (Wildman–Crippen LogP) is 6.53. The van der Waals surface area contributed by atoms with Gasteiger partial charge in [-0.15, -0.1) is 11.3 Å². The number of aromatic nitrogens is 2. The maximum absolute atomic E-state index is 13.1. The number of benzene rings is 3. The van der Waals surface area contributed by atoms with E-state index in [0.29, 0.717) is 38.8 Å². The van der Waals surface area contributed by atoms with Gasteiger partial charge in [-0.25, -0.2) is 9.97 Å². The van der Waals surface area contributed by atoms with Crippen LogP contribution in [0.4, 0.5) is 11.5 Å². The molecule has 0 spiro atoms. The molecular formula is C26H14ClN3O2S. The van der Waals surface area contributed by atoms with Gasteiger partial charge in [0.25, 0.3) is 0 Å². The number of ketones is 2. The molecule has 0 saturated heterocycles. The zero-order chi connectivity index (χ0) is 22.5. The van der Waals surface area contributed by atoms with Gasteiger partial charge in [-0.1, -0.05) is 48.0 Å². The summed E-state index contributed by atoms with van der Waals surface area (Å²) in [6, 6.07) is 19.7. The molecule has 0 saturated carbocycles. The van der Waals surface area contributed by atoms with Crippen LogP contribution in [0.5, 0.6) is 0 Å². The van der Waals surface area contributed by atoms with Gasteiger partial charge < -0.3 is 5.32 Å². The van der Waals surface area contributed by atoms with Crippen molar-refractivity contribution in [3.8, 4) is 11.1 Å². The second kappa shape index (κ2) is 7.62. The molecule has 0 atom stereocenters. The van der Waals surface area contributed by atoms with Crippen molar-refractivity contribution in [3.05, 3.63) is 106 Å². The Balaban J connectivity index is 1.43. The van der Waals surface area contributed by atoms with E-state index in [-0.39, 0.29) is 11.6 Å². The van der Waals surface area contributed by atoms with Crippen LogP contribution in [-0.4, -0.2) is 21.5 Å². The first-order valence-corrected chi connectivity index (χ1v) is 11.4. The van der Waals surface area contributed by atoms with Crippen LogP contribution in [0, 0.1) is 0 Å². The number of rotatable bonds is 3. The van der Waals surface area contributed by atoms with Gasteiger partial charge in [0.2, 0.25) is 0 Å². The minimum atomic E-state index is -0.158. The van der Waals surface area contributed by atoms with Gasteiger partial charge in [-0.3, -0.25) is 9.59 Å². The molecule has 7 heteroatoms. The highest BCUT2D eigenvalue weighted by molar-refractivity contribution is 7.17. The van der Waals surface area contributed by atoms with Gasteiger partial charge in [0.15, 0.2) is 11.6 Å². The molecule has 1 aliphatic carbocycles. The first kappa shape index (κ1) is 19.8. The summed E-state index contributed by atoms with van der Waals surface area (Å²) in [5, 5.41) is 6.93. The quantitative estimate of drug-likeness (QED) is 0.320. The Hall–Kier alpha value is -3.87. The Morgan fingerprint density at radius 2 is 1.45 bits per heavy atom. The lowest BCUT2D eigenvalue weighted by Crippen LogP contribution is -2.20. The number of fused-ring (bicyclic) bond motifs is 3. The summed E-state index contributed by atoms with van der Waals surface area (Å²) < 4.78 is 0. The lowest BCUT2D eigenvalue weighted by atomic mass is 9.84. The number of nitrogens with one attached hydrogen (secondary N) is 1. The van der Waals surface area contributed by atoms with Crippen molar-refractivity contribution in [2.24, 2.45) is 0 Å². The summed E-state index contributed by atoms with van der Waals surface area (Å²) in [4.78, 5) is 35.7. The molecule has 2 aromatic heterocycles. The maximum Gasteiger partial charge on any atom is 0.194 e. The van der Waals surface area contributed by atoms with Crippen LogP contribution in [0.15, 0.2) is 78.4 Å². The lowest BCUT2D eigenvalue weighted by Gasteiger charge is -2.18. The molecule has 33 heavy (non-hydrogen) atoms. The molecule has 2 heterocycles. The normalized spacial score (nSPS) is 12.5. The highest BCUT2D eigenvalue weighted by Crippen LogP contribution is 2.38. The molecule has 0 fully saturated rings. The number of carbonyl (C=O) groups excluding carboxylic acids is 2. The molecule has 5 nitrogen and oxygen atoms in total. The number of nitrogens with zero attached hydrogens (tertiary/aromatic N) is 2. The van der Waals surface area contributed by atoms with E-state index < -0.39 is 0 Å². The highest BCUT2D eigenvalue weighted by atomic mass is 35.5. The van der Waals surface area contributed by atoms with Crippen molar-refractivity contribution in [2.75, 3.05) is 5.32 Å². The van der Waals surface area contributed by atoms with Crippen LogP contribution in [0.25, 0.3) is 21.3 Å². The fraction of sp³-hybridized carbons (Fsp3) is 0. The molecule has 0 radical (unpaired) electrons. The summed E-state index contributed by atoms with van der Waals surface area (Å²) >= 11 is 7.59. The Labute approximate surface area is 197 Å². The number of halogens is 1. The van der Waals surface area contributed by atoms with E-state index in [9.17, 15) is 9.59 Å². The third-order valence-corrected chi connectivity index (χ3v) is 6.85. The third kappa shape index (κ3) is 3.23. The molecule has 158 valence electrons. The fourth-order valence-corrected chi connectivity index (χ4v) is 5.17. The van der Waals surface area contributed by atoms with E-state index in [0.717, 1.165) is 21.3 Å². The lowest BCUT2D eigenvalue weighted by molar-refractivity contribution is 0.0979. The first-order chi connectivity index (χ1) is 16.1. The second-order valence-electron chi connectivity index (χ2n) is 7.65. The number of anilines is 2. The standard InChI is InChI=1S/C26H14ClN3O2S/c27-15-7-5-14(6-8-15)21-12-33-26-22(21)25(28-13-29-26)30-16-9-10-19-20(11-16)24(32)18-4-2-1-3-17(18)23(19)31/h1-13H,(H,28,29,30). The number of carbonyl (C=O) groups is 2. The van der Waals surface area contributed by atoms with E-state index in [1.807, 2.05) is 29.6 Å². The van der Waals surface area contributed by atoms with Crippen molar-refractivity contribution in [2.45, 2.75) is 0 Å². The van der Waals surface area contributed by atoms with Crippen molar-refractivity contribution < 1.29 is 9.59 Å². The Bertz CT molecular complexity index is 1590. The van der Waals surface area contributed by atoms with Gasteiger partial charge in [0, 0.05) is 43.9 Å². The van der Waals surface area contributed by atoms with Crippen LogP contribution < -0.4 is 5.32 Å². The summed E-state index contributed by atoms with van der Waals surface area (Å²) in [6.45, 7) is 0. The third-order valence-electron chi connectivity index (χ3n) is 5.71. The van der Waals surface area contributed by atoms with E-state index in [4.69, 9.17) is 11.6 Å². The van der Waals surface area contributed by atoms with E-state index >= 15 is 0 Å². The average Bonchev–Trinajstić information content (AvgIpc) is 3.28. The SMILES string of the molecule is O=C1c2ccccc2C(=O)c2cc(Nc3ncnc4scc(-c5ccc(Cl)cc5)c34)ccc21. The monoisotopic (exact) mass is 467 g/mol. The maximum atomic E-state index is 13.1. The number of thiophene rings is 1. The molecule has 1 aliphatic rings. The van der Waals surface area contributed by atoms with Crippen LogP contribution in [0.2, 0.25) is 5.02 Å². The van der Waals surface area contributed by atoms with E-state index in [1.54, 1.807) is 42.5 Å². The molecule has 3 aromatic carbocycles. The molecule has 0 aliphatic heterocycles. The van der Waals surface area contributed by atoms with Crippen LogP contribution in [0.1, 0.15) is 31.8 Å². The van der Waals surface area contributed by atoms with Crippen molar-refractivity contribution >= 4 is 56.2 Å². The topological polar surface area (TPSA) is 72.0 Å². The zero-order valence-electron chi connectivity index (χ0n) is 17.0. The van der Waals surface area contributed by atoms with E-state index in [2.05, 4.69) is 15.3 Å². The zero-order valence-corrected chi connectivity index (χ0v) is 18.6. The van der Waals surface area contributed by atoms with Crippen LogP contribution in [0.3, 0.4) is 0 Å². The summed E-state index contributed by atoms with van der Waals surface area (Å²) in [7, 11) is 0. The highest BCUT2D eigenvalue weighted by Gasteiger charge is 2.29. The van der Waals surface area contributed by atoms with Crippen molar-refractivity contribution in [1.29, 1.82) is 0 Å². The van der Waals surface area contributed by atoms with Crippen LogP contribution >= 0.6 is 22.9 Å². The van der Waals surface area contributed by atoms with Gasteiger partial charge >= 0.3 is 0 Å². The molecule has 5 aromatic rings.